The maximum Gasteiger partial charge on any atom is 0.150 e. The number of hydrogen-bond donors (Lipinski definition) is 1. The van der Waals surface area contributed by atoms with Gasteiger partial charge in [0, 0.05) is 25.4 Å². The van der Waals surface area contributed by atoms with E-state index in [1.165, 1.54) is 0 Å². The third-order valence-corrected chi connectivity index (χ3v) is 3.29. The second-order valence-electron chi connectivity index (χ2n) is 4.48. The summed E-state index contributed by atoms with van der Waals surface area (Å²) in [6.07, 6.45) is 5.49. The Kier molecular flexibility index (Phi) is 3.05. The lowest BCUT2D eigenvalue weighted by Gasteiger charge is -2.24. The van der Waals surface area contributed by atoms with E-state index in [-0.39, 0.29) is 0 Å². The van der Waals surface area contributed by atoms with Crippen LogP contribution in [0.25, 0.3) is 0 Å². The third kappa shape index (κ3) is 2.20. The third-order valence-electron chi connectivity index (χ3n) is 3.29. The molecule has 0 aromatic carbocycles. The van der Waals surface area contributed by atoms with Crippen LogP contribution in [-0.2, 0) is 13.5 Å². The van der Waals surface area contributed by atoms with Crippen molar-refractivity contribution in [3.63, 3.8) is 0 Å². The summed E-state index contributed by atoms with van der Waals surface area (Å²) >= 11 is 0. The zero-order chi connectivity index (χ0) is 10.8. The van der Waals surface area contributed by atoms with Crippen LogP contribution >= 0.6 is 0 Å². The molecule has 0 aliphatic heterocycles. The van der Waals surface area contributed by atoms with Gasteiger partial charge in [0.1, 0.15) is 5.82 Å². The van der Waals surface area contributed by atoms with Crippen LogP contribution < -0.4 is 5.73 Å². The molecular weight excluding hydrogens is 188 g/mol. The van der Waals surface area contributed by atoms with Crippen molar-refractivity contribution in [3.8, 4) is 0 Å². The highest BCUT2D eigenvalue weighted by Gasteiger charge is 2.23. The minimum Gasteiger partial charge on any atom is -0.328 e. The van der Waals surface area contributed by atoms with Crippen molar-refractivity contribution in [2.24, 2.45) is 12.8 Å². The fourth-order valence-corrected chi connectivity index (χ4v) is 2.33. The molecule has 0 saturated heterocycles. The second kappa shape index (κ2) is 4.31. The van der Waals surface area contributed by atoms with E-state index in [0.29, 0.717) is 12.0 Å². The van der Waals surface area contributed by atoms with Gasteiger partial charge in [0.2, 0.25) is 0 Å². The van der Waals surface area contributed by atoms with Gasteiger partial charge in [-0.25, -0.2) is 4.98 Å². The Labute approximate surface area is 90.9 Å². The number of hydrogen-bond acceptors (Lipinski definition) is 3. The summed E-state index contributed by atoms with van der Waals surface area (Å²) in [4.78, 5) is 4.59. The molecule has 0 radical (unpaired) electrons. The quantitative estimate of drug-likeness (QED) is 0.798. The van der Waals surface area contributed by atoms with E-state index in [2.05, 4.69) is 17.0 Å². The Morgan fingerprint density at radius 1 is 1.33 bits per heavy atom. The van der Waals surface area contributed by atoms with Crippen LogP contribution in [0.3, 0.4) is 0 Å². The molecule has 1 heterocycles. The first-order chi connectivity index (χ1) is 7.20. The largest absolute Gasteiger partial charge is 0.328 e. The van der Waals surface area contributed by atoms with E-state index in [4.69, 9.17) is 5.73 Å². The van der Waals surface area contributed by atoms with Gasteiger partial charge in [0.25, 0.3) is 0 Å². The predicted molar refractivity (Wildman–Crippen MR) is 59.6 cm³/mol. The van der Waals surface area contributed by atoms with Crippen LogP contribution in [0.1, 0.15) is 50.2 Å². The van der Waals surface area contributed by atoms with Gasteiger partial charge in [-0.1, -0.05) is 6.92 Å². The van der Waals surface area contributed by atoms with Gasteiger partial charge in [-0.3, -0.25) is 4.68 Å². The molecule has 2 N–H and O–H groups in total. The molecule has 1 saturated carbocycles. The molecule has 1 aliphatic rings. The normalized spacial score (nSPS) is 26.9. The summed E-state index contributed by atoms with van der Waals surface area (Å²) in [5.74, 6) is 2.68. The maximum atomic E-state index is 5.90. The second-order valence-corrected chi connectivity index (χ2v) is 4.48. The smallest absolute Gasteiger partial charge is 0.150 e. The van der Waals surface area contributed by atoms with Gasteiger partial charge >= 0.3 is 0 Å². The lowest BCUT2D eigenvalue weighted by atomic mass is 9.86. The molecular formula is C11H20N4. The van der Waals surface area contributed by atoms with Crippen LogP contribution in [0.4, 0.5) is 0 Å². The minimum atomic E-state index is 0.403. The summed E-state index contributed by atoms with van der Waals surface area (Å²) in [6, 6.07) is 0.403. The van der Waals surface area contributed by atoms with Crippen LogP contribution in [0.2, 0.25) is 0 Å². The first-order valence-corrected chi connectivity index (χ1v) is 5.86. The molecule has 0 atom stereocenters. The molecule has 1 fully saturated rings. The van der Waals surface area contributed by atoms with Gasteiger partial charge in [0.05, 0.1) is 0 Å². The van der Waals surface area contributed by atoms with E-state index in [1.54, 1.807) is 0 Å². The average molecular weight is 208 g/mol. The molecule has 15 heavy (non-hydrogen) atoms. The van der Waals surface area contributed by atoms with Crippen molar-refractivity contribution in [2.45, 2.75) is 51.0 Å². The molecule has 4 nitrogen and oxygen atoms in total. The fraction of sp³-hybridized carbons (Fsp3) is 0.818. The molecule has 0 spiro atoms. The Morgan fingerprint density at radius 3 is 2.53 bits per heavy atom. The van der Waals surface area contributed by atoms with Gasteiger partial charge in [0.15, 0.2) is 5.82 Å². The molecule has 0 unspecified atom stereocenters. The topological polar surface area (TPSA) is 56.7 Å². The summed E-state index contributed by atoms with van der Waals surface area (Å²) in [5.41, 5.74) is 5.90. The number of nitrogens with two attached hydrogens (primary N) is 1. The lowest BCUT2D eigenvalue weighted by molar-refractivity contribution is 0.377. The minimum absolute atomic E-state index is 0.403. The average Bonchev–Trinajstić information content (AvgIpc) is 2.61. The maximum absolute atomic E-state index is 5.90. The summed E-state index contributed by atoms with van der Waals surface area (Å²) < 4.78 is 1.94. The van der Waals surface area contributed by atoms with Crippen molar-refractivity contribution >= 4 is 0 Å². The molecule has 0 amide bonds. The van der Waals surface area contributed by atoms with Crippen molar-refractivity contribution in [1.82, 2.24) is 14.8 Å². The number of aromatic nitrogens is 3. The molecule has 84 valence electrons. The Hall–Kier alpha value is -0.900. The number of aryl methyl sites for hydroxylation is 2. The summed E-state index contributed by atoms with van der Waals surface area (Å²) in [6.45, 7) is 2.09. The molecule has 0 bridgehead atoms. The fourth-order valence-electron chi connectivity index (χ4n) is 2.33. The van der Waals surface area contributed by atoms with Crippen LogP contribution in [-0.4, -0.2) is 20.8 Å². The van der Waals surface area contributed by atoms with E-state index >= 15 is 0 Å². The highest BCUT2D eigenvalue weighted by Crippen LogP contribution is 2.30. The van der Waals surface area contributed by atoms with E-state index in [9.17, 15) is 0 Å². The van der Waals surface area contributed by atoms with Crippen molar-refractivity contribution in [1.29, 1.82) is 0 Å². The van der Waals surface area contributed by atoms with E-state index < -0.39 is 0 Å². The lowest BCUT2D eigenvalue weighted by Crippen LogP contribution is -2.26. The van der Waals surface area contributed by atoms with Crippen molar-refractivity contribution < 1.29 is 0 Å². The zero-order valence-electron chi connectivity index (χ0n) is 9.61. The Morgan fingerprint density at radius 2 is 2.00 bits per heavy atom. The SMILES string of the molecule is CCc1nc(C2CCC(N)CC2)n(C)n1. The van der Waals surface area contributed by atoms with Crippen molar-refractivity contribution in [3.05, 3.63) is 11.6 Å². The number of rotatable bonds is 2. The highest BCUT2D eigenvalue weighted by molar-refractivity contribution is 5.02. The Balaban J connectivity index is 2.11. The van der Waals surface area contributed by atoms with Crippen LogP contribution in [0.15, 0.2) is 0 Å². The molecule has 1 aromatic heterocycles. The predicted octanol–water partition coefficient (Wildman–Crippen LogP) is 1.36. The Bertz CT molecular complexity index is 323. The summed E-state index contributed by atoms with van der Waals surface area (Å²) in [5, 5.41) is 4.40. The van der Waals surface area contributed by atoms with Crippen molar-refractivity contribution in [2.75, 3.05) is 0 Å². The van der Waals surface area contributed by atoms with Gasteiger partial charge < -0.3 is 5.73 Å². The van der Waals surface area contributed by atoms with Gasteiger partial charge in [-0.15, -0.1) is 0 Å². The number of nitrogens with zero attached hydrogens (tertiary/aromatic N) is 3. The standard InChI is InChI=1S/C11H20N4/c1-3-10-13-11(15(2)14-10)8-4-6-9(12)7-5-8/h8-9H,3-7,12H2,1-2H3. The van der Waals surface area contributed by atoms with E-state index in [1.807, 2.05) is 11.7 Å². The first-order valence-electron chi connectivity index (χ1n) is 5.86. The van der Waals surface area contributed by atoms with E-state index in [0.717, 1.165) is 43.8 Å². The molecule has 4 heteroatoms. The molecule has 2 rings (SSSR count). The molecule has 1 aliphatic carbocycles. The zero-order valence-corrected chi connectivity index (χ0v) is 9.61. The van der Waals surface area contributed by atoms with Gasteiger partial charge in [-0.2, -0.15) is 5.10 Å². The molecule has 1 aromatic rings. The van der Waals surface area contributed by atoms with Gasteiger partial charge in [-0.05, 0) is 25.7 Å². The monoisotopic (exact) mass is 208 g/mol. The highest BCUT2D eigenvalue weighted by atomic mass is 15.3. The first kappa shape index (κ1) is 10.6. The van der Waals surface area contributed by atoms with Crippen LogP contribution in [0.5, 0.6) is 0 Å². The summed E-state index contributed by atoms with van der Waals surface area (Å²) in [7, 11) is 2.00. The van der Waals surface area contributed by atoms with Crippen LogP contribution in [0, 0.1) is 0 Å².